The third-order valence-corrected chi connectivity index (χ3v) is 8.46. The van der Waals surface area contributed by atoms with E-state index in [9.17, 15) is 26.8 Å². The fraction of sp³-hybridized carbons (Fsp3) is 0.0857. The molecule has 5 N–H and O–H groups in total. The molecular formula is C35H29F2N9O4S. The number of hydrogen-bond donors (Lipinski definition) is 5. The van der Waals surface area contributed by atoms with Crippen LogP contribution in [0.1, 0.15) is 18.5 Å². The second-order valence-corrected chi connectivity index (χ2v) is 13.1. The minimum absolute atomic E-state index is 0.0123. The smallest absolute Gasteiger partial charge is 0.272 e. The number of nitrogens with zero attached hydrogens (tertiary/aromatic N) is 4. The van der Waals surface area contributed by atoms with Gasteiger partial charge in [0.2, 0.25) is 20.9 Å². The molecule has 1 atom stereocenters. The van der Waals surface area contributed by atoms with Crippen LogP contribution in [0, 0.1) is 11.6 Å². The van der Waals surface area contributed by atoms with Crippen LogP contribution in [0.3, 0.4) is 0 Å². The van der Waals surface area contributed by atoms with Gasteiger partial charge in [0, 0.05) is 18.6 Å². The third kappa shape index (κ3) is 7.86. The topological polar surface area (TPSA) is 195 Å². The van der Waals surface area contributed by atoms with Crippen LogP contribution in [0.2, 0.25) is 0 Å². The van der Waals surface area contributed by atoms with Crippen molar-refractivity contribution >= 4 is 15.8 Å². The number of rotatable bonds is 8. The van der Waals surface area contributed by atoms with Gasteiger partial charge in [-0.05, 0) is 60.0 Å². The molecule has 51 heavy (non-hydrogen) atoms. The summed E-state index contributed by atoms with van der Waals surface area (Å²) in [6, 6.07) is 24.3. The molecular weight excluding hydrogens is 681 g/mol. The number of hydrogen-bond acceptors (Lipinski definition) is 9. The van der Waals surface area contributed by atoms with Crippen LogP contribution in [0.5, 0.6) is 0 Å². The van der Waals surface area contributed by atoms with E-state index in [2.05, 4.69) is 45.6 Å². The molecule has 0 spiro atoms. The molecule has 0 saturated heterocycles. The Bertz CT molecular complexity index is 2510. The van der Waals surface area contributed by atoms with E-state index in [0.717, 1.165) is 11.8 Å². The van der Waals surface area contributed by atoms with Crippen molar-refractivity contribution < 1.29 is 17.2 Å². The monoisotopic (exact) mass is 709 g/mol. The Balaban J connectivity index is 0.000000179. The van der Waals surface area contributed by atoms with Crippen molar-refractivity contribution in [2.45, 2.75) is 18.1 Å². The molecule has 0 aliphatic rings. The van der Waals surface area contributed by atoms with E-state index < -0.39 is 21.2 Å². The van der Waals surface area contributed by atoms with Crippen molar-refractivity contribution in [3.8, 4) is 45.0 Å². The summed E-state index contributed by atoms with van der Waals surface area (Å²) >= 11 is 0. The van der Waals surface area contributed by atoms with Gasteiger partial charge in [-0.3, -0.25) is 30.0 Å². The number of aromatic amines is 4. The van der Waals surface area contributed by atoms with Crippen LogP contribution < -0.4 is 16.4 Å². The van der Waals surface area contributed by atoms with Crippen molar-refractivity contribution in [3.63, 3.8) is 0 Å². The molecule has 4 aromatic heterocycles. The first-order chi connectivity index (χ1) is 24.5. The Hall–Kier alpha value is -6.55. The molecule has 258 valence electrons. The van der Waals surface area contributed by atoms with Crippen molar-refractivity contribution in [3.05, 3.63) is 141 Å². The molecule has 0 unspecified atom stereocenters. The lowest BCUT2D eigenvalue weighted by Gasteiger charge is -2.14. The zero-order chi connectivity index (χ0) is 36.1. The average Bonchev–Trinajstić information content (AvgIpc) is 3.71. The highest BCUT2D eigenvalue weighted by Gasteiger charge is 2.19. The van der Waals surface area contributed by atoms with Gasteiger partial charge in [-0.15, -0.1) is 0 Å². The maximum atomic E-state index is 13.2. The number of sulfone groups is 1. The summed E-state index contributed by atoms with van der Waals surface area (Å²) in [4.78, 5) is 40.8. The van der Waals surface area contributed by atoms with Gasteiger partial charge in [-0.2, -0.15) is 0 Å². The molecule has 0 fully saturated rings. The molecule has 0 aliphatic heterocycles. The first-order valence-corrected chi connectivity index (χ1v) is 17.2. The van der Waals surface area contributed by atoms with Crippen LogP contribution in [0.25, 0.3) is 45.0 Å². The van der Waals surface area contributed by atoms with E-state index in [1.54, 1.807) is 24.4 Å². The predicted octanol–water partition coefficient (Wildman–Crippen LogP) is 5.51. The molecule has 7 rings (SSSR count). The minimum atomic E-state index is -3.58. The summed E-state index contributed by atoms with van der Waals surface area (Å²) in [7, 11) is -3.58. The van der Waals surface area contributed by atoms with E-state index >= 15 is 0 Å². The number of nitrogens with one attached hydrogen (secondary N) is 5. The van der Waals surface area contributed by atoms with Gasteiger partial charge in [-0.1, -0.05) is 54.6 Å². The van der Waals surface area contributed by atoms with Crippen LogP contribution >= 0.6 is 0 Å². The maximum Gasteiger partial charge on any atom is 0.272 e. The summed E-state index contributed by atoms with van der Waals surface area (Å²) in [5, 5.41) is 13.5. The van der Waals surface area contributed by atoms with E-state index in [1.165, 1.54) is 48.7 Å². The first-order valence-electron chi connectivity index (χ1n) is 15.3. The third-order valence-electron chi connectivity index (χ3n) is 7.60. The Morgan fingerprint density at radius 1 is 0.647 bits per heavy atom. The lowest BCUT2D eigenvalue weighted by Crippen LogP contribution is -2.09. The number of H-pyrrole nitrogens is 4. The van der Waals surface area contributed by atoms with E-state index in [4.69, 9.17) is 0 Å². The second-order valence-electron chi connectivity index (χ2n) is 11.2. The maximum absolute atomic E-state index is 13.2. The molecule has 0 bridgehead atoms. The molecule has 7 aromatic rings. The molecule has 4 heterocycles. The van der Waals surface area contributed by atoms with Crippen LogP contribution in [-0.2, 0) is 9.84 Å². The summed E-state index contributed by atoms with van der Waals surface area (Å²) in [5.74, 6) is -0.342. The SMILES string of the molecule is CS(=O)(=O)c1nccc(-c2[nH][nH]c(=O)c2-c2ccc(F)cc2)n1.C[C@H](Nc1nccc(-c2[nH][nH]c(=O)c2-c2ccc(F)cc2)n1)c1ccccc1. The summed E-state index contributed by atoms with van der Waals surface area (Å²) in [5.41, 5.74) is 3.71. The fourth-order valence-electron chi connectivity index (χ4n) is 5.13. The second kappa shape index (κ2) is 14.5. The Kier molecular flexibility index (Phi) is 9.77. The zero-order valence-corrected chi connectivity index (χ0v) is 27.8. The fourth-order valence-corrected chi connectivity index (χ4v) is 5.65. The molecule has 0 aliphatic carbocycles. The number of benzene rings is 3. The number of anilines is 1. The predicted molar refractivity (Wildman–Crippen MR) is 187 cm³/mol. The Labute approximate surface area is 288 Å². The summed E-state index contributed by atoms with van der Waals surface area (Å²) in [6.45, 7) is 2.02. The lowest BCUT2D eigenvalue weighted by molar-refractivity contribution is 0.593. The van der Waals surface area contributed by atoms with Gasteiger partial charge in [0.15, 0.2) is 0 Å². The van der Waals surface area contributed by atoms with Crippen molar-refractivity contribution in [2.24, 2.45) is 0 Å². The Morgan fingerprint density at radius 2 is 1.14 bits per heavy atom. The molecule has 16 heteroatoms. The lowest BCUT2D eigenvalue weighted by atomic mass is 10.0. The molecule has 0 saturated carbocycles. The number of halogens is 2. The van der Waals surface area contributed by atoms with Crippen LogP contribution in [0.4, 0.5) is 14.7 Å². The highest BCUT2D eigenvalue weighted by molar-refractivity contribution is 7.90. The zero-order valence-electron chi connectivity index (χ0n) is 27.0. The van der Waals surface area contributed by atoms with E-state index in [1.807, 2.05) is 37.3 Å². The molecule has 3 aromatic carbocycles. The first kappa shape index (κ1) is 34.3. The standard InChI is InChI=1S/C21H18FN5O.C14H11FN4O3S/c1-13(14-5-3-2-4-6-14)24-21-23-12-11-17(25-21)19-18(20(28)27-26-19)15-7-9-16(22)10-8-15;1-23(21,22)14-16-7-6-10(17-14)12-11(13(20)19-18-12)8-2-4-9(15)5-3-8/h2-13H,1H3,(H,23,24,25)(H2,26,27,28);2-7H,1H3,(H2,18,19,20)/t13-;/m0./s1. The minimum Gasteiger partial charge on any atom is -0.348 e. The molecule has 0 radical (unpaired) electrons. The molecule has 0 amide bonds. The van der Waals surface area contributed by atoms with E-state index in [-0.39, 0.29) is 33.8 Å². The molecule has 13 nitrogen and oxygen atoms in total. The average molecular weight is 710 g/mol. The van der Waals surface area contributed by atoms with Crippen molar-refractivity contribution in [1.29, 1.82) is 0 Å². The van der Waals surface area contributed by atoms with Gasteiger partial charge >= 0.3 is 0 Å². The summed E-state index contributed by atoms with van der Waals surface area (Å²) in [6.07, 6.45) is 3.91. The van der Waals surface area contributed by atoms with Gasteiger partial charge in [0.25, 0.3) is 11.1 Å². The largest absolute Gasteiger partial charge is 0.348 e. The van der Waals surface area contributed by atoms with Gasteiger partial charge in [0.05, 0.1) is 39.9 Å². The van der Waals surface area contributed by atoms with Crippen LogP contribution in [-0.4, -0.2) is 55.0 Å². The van der Waals surface area contributed by atoms with E-state index in [0.29, 0.717) is 39.7 Å². The van der Waals surface area contributed by atoms with Gasteiger partial charge in [0.1, 0.15) is 11.6 Å². The Morgan fingerprint density at radius 3 is 1.65 bits per heavy atom. The van der Waals surface area contributed by atoms with Gasteiger partial charge in [-0.25, -0.2) is 37.1 Å². The van der Waals surface area contributed by atoms with Crippen molar-refractivity contribution in [2.75, 3.05) is 11.6 Å². The quantitative estimate of drug-likeness (QED) is 0.127. The van der Waals surface area contributed by atoms with Gasteiger partial charge < -0.3 is 5.32 Å². The highest BCUT2D eigenvalue weighted by Crippen LogP contribution is 2.28. The number of aromatic nitrogens is 8. The summed E-state index contributed by atoms with van der Waals surface area (Å²) < 4.78 is 49.4. The highest BCUT2D eigenvalue weighted by atomic mass is 32.2. The van der Waals surface area contributed by atoms with Crippen LogP contribution in [0.15, 0.2) is 118 Å². The van der Waals surface area contributed by atoms with Crippen molar-refractivity contribution in [1.82, 2.24) is 40.3 Å². The normalized spacial score (nSPS) is 11.8.